The van der Waals surface area contributed by atoms with Gasteiger partial charge in [0.1, 0.15) is 28.7 Å². The van der Waals surface area contributed by atoms with Crippen molar-refractivity contribution in [2.75, 3.05) is 20.2 Å². The van der Waals surface area contributed by atoms with Crippen molar-refractivity contribution >= 4 is 28.6 Å². The van der Waals surface area contributed by atoms with Gasteiger partial charge in [-0.25, -0.2) is 9.37 Å². The molecule has 1 saturated heterocycles. The predicted octanol–water partition coefficient (Wildman–Crippen LogP) is 3.67. The molecule has 3 aromatic rings. The smallest absolute Gasteiger partial charge is 0.273 e. The molecule has 1 aliphatic rings. The molecule has 0 unspecified atom stereocenters. The summed E-state index contributed by atoms with van der Waals surface area (Å²) in [6.07, 6.45) is -0.955. The SMILES string of the molecule is COc1cc(F)ccc1O[C@@H]1CCN(C(=O)c2csc(-c3cccs3)n2)C[C@H]1O. The van der Waals surface area contributed by atoms with Gasteiger partial charge in [-0.3, -0.25) is 4.79 Å². The Morgan fingerprint density at radius 3 is 2.90 bits per heavy atom. The van der Waals surface area contributed by atoms with E-state index in [0.29, 0.717) is 24.4 Å². The lowest BCUT2D eigenvalue weighted by molar-refractivity contribution is -0.0208. The normalized spacial score (nSPS) is 19.2. The quantitative estimate of drug-likeness (QED) is 0.663. The second-order valence-electron chi connectivity index (χ2n) is 6.57. The largest absolute Gasteiger partial charge is 0.493 e. The molecule has 1 aliphatic heterocycles. The molecule has 0 saturated carbocycles. The number of piperidine rings is 1. The Labute approximate surface area is 175 Å². The number of likely N-dealkylation sites (tertiary alicyclic amines) is 1. The van der Waals surface area contributed by atoms with Crippen molar-refractivity contribution in [3.8, 4) is 21.4 Å². The molecule has 9 heteroatoms. The second-order valence-corrected chi connectivity index (χ2v) is 8.38. The lowest BCUT2D eigenvalue weighted by atomic mass is 10.0. The van der Waals surface area contributed by atoms with Crippen LogP contribution in [0.25, 0.3) is 9.88 Å². The standard InChI is InChI=1S/C20H19FN2O4S2/c1-26-17-9-12(21)4-5-16(17)27-15-6-7-23(10-14(15)24)20(25)13-11-29-19(22-13)18-3-2-8-28-18/h2-5,8-9,11,14-15,24H,6-7,10H2,1H3/t14-,15-/m1/s1. The molecule has 0 radical (unpaired) electrons. The third kappa shape index (κ3) is 4.26. The summed E-state index contributed by atoms with van der Waals surface area (Å²) >= 11 is 3.00. The summed E-state index contributed by atoms with van der Waals surface area (Å²) in [5.74, 6) is -0.0154. The van der Waals surface area contributed by atoms with E-state index in [4.69, 9.17) is 9.47 Å². The van der Waals surface area contributed by atoms with Gasteiger partial charge in [-0.15, -0.1) is 22.7 Å². The summed E-state index contributed by atoms with van der Waals surface area (Å²) < 4.78 is 24.3. The van der Waals surface area contributed by atoms with E-state index in [1.807, 2.05) is 17.5 Å². The van der Waals surface area contributed by atoms with Gasteiger partial charge < -0.3 is 19.5 Å². The zero-order valence-corrected chi connectivity index (χ0v) is 17.2. The van der Waals surface area contributed by atoms with E-state index in [1.54, 1.807) is 21.6 Å². The lowest BCUT2D eigenvalue weighted by Gasteiger charge is -2.35. The predicted molar refractivity (Wildman–Crippen MR) is 109 cm³/mol. The highest BCUT2D eigenvalue weighted by Gasteiger charge is 2.33. The Balaban J connectivity index is 1.40. The highest BCUT2D eigenvalue weighted by atomic mass is 32.1. The number of aliphatic hydroxyl groups is 1. The number of benzene rings is 1. The fourth-order valence-corrected chi connectivity index (χ4v) is 4.79. The van der Waals surface area contributed by atoms with E-state index in [2.05, 4.69) is 4.98 Å². The molecule has 152 valence electrons. The second kappa shape index (κ2) is 8.48. The molecular weight excluding hydrogens is 415 g/mol. The van der Waals surface area contributed by atoms with Gasteiger partial charge in [0.25, 0.3) is 5.91 Å². The monoisotopic (exact) mass is 434 g/mol. The molecule has 1 aromatic carbocycles. The van der Waals surface area contributed by atoms with Crippen LogP contribution in [0.2, 0.25) is 0 Å². The number of hydrogen-bond acceptors (Lipinski definition) is 7. The summed E-state index contributed by atoms with van der Waals surface area (Å²) in [6, 6.07) is 7.89. The van der Waals surface area contributed by atoms with Crippen molar-refractivity contribution < 1.29 is 23.8 Å². The van der Waals surface area contributed by atoms with Crippen molar-refractivity contribution in [1.29, 1.82) is 0 Å². The molecule has 4 rings (SSSR count). The summed E-state index contributed by atoms with van der Waals surface area (Å²) in [5.41, 5.74) is 0.380. The van der Waals surface area contributed by atoms with Crippen molar-refractivity contribution in [1.82, 2.24) is 9.88 Å². The van der Waals surface area contributed by atoms with Crippen LogP contribution in [0.5, 0.6) is 11.5 Å². The fourth-order valence-electron chi connectivity index (χ4n) is 3.18. The highest BCUT2D eigenvalue weighted by Crippen LogP contribution is 2.31. The molecule has 2 atom stereocenters. The van der Waals surface area contributed by atoms with Crippen LogP contribution in [-0.4, -0.2) is 53.3 Å². The van der Waals surface area contributed by atoms with E-state index in [0.717, 1.165) is 9.88 Å². The Morgan fingerprint density at radius 2 is 2.17 bits per heavy atom. The summed E-state index contributed by atoms with van der Waals surface area (Å²) in [5, 5.41) is 15.0. The van der Waals surface area contributed by atoms with Crippen LogP contribution in [0.15, 0.2) is 41.1 Å². The Hall–Kier alpha value is -2.49. The summed E-state index contributed by atoms with van der Waals surface area (Å²) in [4.78, 5) is 19.8. The third-order valence-electron chi connectivity index (χ3n) is 4.67. The van der Waals surface area contributed by atoms with Gasteiger partial charge in [0.05, 0.1) is 18.5 Å². The number of aromatic nitrogens is 1. The van der Waals surface area contributed by atoms with Gasteiger partial charge in [0.2, 0.25) is 0 Å². The maximum Gasteiger partial charge on any atom is 0.273 e. The first-order chi connectivity index (χ1) is 14.0. The van der Waals surface area contributed by atoms with Gasteiger partial charge in [-0.2, -0.15) is 0 Å². The number of amides is 1. The molecule has 1 N–H and O–H groups in total. The number of nitrogens with zero attached hydrogens (tertiary/aromatic N) is 2. The molecule has 2 aromatic heterocycles. The Morgan fingerprint density at radius 1 is 1.31 bits per heavy atom. The van der Waals surface area contributed by atoms with E-state index in [1.165, 1.54) is 36.6 Å². The number of β-amino-alcohol motifs (C(OH)–C–C–N with tert-alkyl or cyclic N) is 1. The lowest BCUT2D eigenvalue weighted by Crippen LogP contribution is -2.51. The molecule has 1 fully saturated rings. The molecule has 0 aliphatic carbocycles. The van der Waals surface area contributed by atoms with Crippen LogP contribution in [-0.2, 0) is 0 Å². The van der Waals surface area contributed by atoms with Crippen molar-refractivity contribution in [2.45, 2.75) is 18.6 Å². The average Bonchev–Trinajstić information content (AvgIpc) is 3.41. The number of carbonyl (C=O) groups is 1. The first kappa shape index (κ1) is 19.8. The number of ether oxygens (including phenoxy) is 2. The van der Waals surface area contributed by atoms with Gasteiger partial charge in [0.15, 0.2) is 11.5 Å². The highest BCUT2D eigenvalue weighted by molar-refractivity contribution is 7.20. The van der Waals surface area contributed by atoms with Crippen LogP contribution in [0.1, 0.15) is 16.9 Å². The van der Waals surface area contributed by atoms with Gasteiger partial charge in [-0.1, -0.05) is 6.07 Å². The number of carbonyl (C=O) groups excluding carboxylic acids is 1. The first-order valence-electron chi connectivity index (χ1n) is 9.02. The summed E-state index contributed by atoms with van der Waals surface area (Å²) in [7, 11) is 1.43. The average molecular weight is 435 g/mol. The number of aliphatic hydroxyl groups excluding tert-OH is 1. The number of hydrogen-bond donors (Lipinski definition) is 1. The molecule has 3 heterocycles. The molecular formula is C20H19FN2O4S2. The Kier molecular flexibility index (Phi) is 5.79. The topological polar surface area (TPSA) is 71.9 Å². The van der Waals surface area contributed by atoms with Crippen LogP contribution in [0.3, 0.4) is 0 Å². The number of halogens is 1. The van der Waals surface area contributed by atoms with E-state index < -0.39 is 18.0 Å². The number of thiophene rings is 1. The fraction of sp³-hybridized carbons (Fsp3) is 0.300. The van der Waals surface area contributed by atoms with Gasteiger partial charge >= 0.3 is 0 Å². The van der Waals surface area contributed by atoms with Crippen LogP contribution < -0.4 is 9.47 Å². The Bertz CT molecular complexity index is 992. The molecule has 0 bridgehead atoms. The van der Waals surface area contributed by atoms with Crippen LogP contribution in [0, 0.1) is 5.82 Å². The maximum atomic E-state index is 13.3. The van der Waals surface area contributed by atoms with E-state index >= 15 is 0 Å². The minimum atomic E-state index is -0.877. The number of thiazole rings is 1. The van der Waals surface area contributed by atoms with E-state index in [-0.39, 0.29) is 18.2 Å². The summed E-state index contributed by atoms with van der Waals surface area (Å²) in [6.45, 7) is 0.564. The van der Waals surface area contributed by atoms with Crippen molar-refractivity contribution in [2.24, 2.45) is 0 Å². The molecule has 6 nitrogen and oxygen atoms in total. The van der Waals surface area contributed by atoms with Crippen LogP contribution in [0.4, 0.5) is 4.39 Å². The van der Waals surface area contributed by atoms with E-state index in [9.17, 15) is 14.3 Å². The van der Waals surface area contributed by atoms with Gasteiger partial charge in [0, 0.05) is 24.4 Å². The zero-order valence-electron chi connectivity index (χ0n) is 15.6. The van der Waals surface area contributed by atoms with Gasteiger partial charge in [-0.05, 0) is 23.6 Å². The number of rotatable bonds is 5. The molecule has 0 spiro atoms. The molecule has 1 amide bonds. The maximum absolute atomic E-state index is 13.3. The zero-order chi connectivity index (χ0) is 20.4. The van der Waals surface area contributed by atoms with Crippen molar-refractivity contribution in [3.05, 3.63) is 52.6 Å². The van der Waals surface area contributed by atoms with Crippen molar-refractivity contribution in [3.63, 3.8) is 0 Å². The minimum Gasteiger partial charge on any atom is -0.493 e. The third-order valence-corrected chi connectivity index (χ3v) is 6.55. The minimum absolute atomic E-state index is 0.138. The first-order valence-corrected chi connectivity index (χ1v) is 10.8. The number of methoxy groups -OCH3 is 1. The molecule has 29 heavy (non-hydrogen) atoms. The van der Waals surface area contributed by atoms with Crippen LogP contribution >= 0.6 is 22.7 Å².